The molecule has 10 heteroatoms. The van der Waals surface area contributed by atoms with E-state index in [0.717, 1.165) is 11.3 Å². The molecule has 0 aliphatic heterocycles. The Bertz CT molecular complexity index is 1460. The van der Waals surface area contributed by atoms with Gasteiger partial charge >= 0.3 is 0 Å². The zero-order valence-corrected chi connectivity index (χ0v) is 21.1. The number of ether oxygens (including phenoxy) is 2. The van der Waals surface area contributed by atoms with Gasteiger partial charge in [-0.05, 0) is 72.8 Å². The molecular weight excluding hydrogens is 508 g/mol. The van der Waals surface area contributed by atoms with Crippen LogP contribution in [0, 0.1) is 0 Å². The third-order valence-electron chi connectivity index (χ3n) is 5.20. The average molecular weight is 529 g/mol. The maximum Gasteiger partial charge on any atom is 0.211 e. The predicted octanol–water partition coefficient (Wildman–Crippen LogP) is 5.81. The van der Waals surface area contributed by atoms with Crippen molar-refractivity contribution in [3.8, 4) is 11.5 Å². The Labute approximate surface area is 212 Å². The number of benzene rings is 3. The van der Waals surface area contributed by atoms with Crippen molar-refractivity contribution in [2.45, 2.75) is 9.79 Å². The molecule has 3 N–H and O–H groups in total. The molecule has 180 valence electrons. The van der Waals surface area contributed by atoms with E-state index in [0.29, 0.717) is 27.8 Å². The topological polar surface area (TPSA) is 108 Å². The van der Waals surface area contributed by atoms with Crippen LogP contribution in [0.15, 0.2) is 82.6 Å². The summed E-state index contributed by atoms with van der Waals surface area (Å²) in [6.07, 6.45) is 0. The first kappa shape index (κ1) is 24.6. The molecule has 3 aromatic carbocycles. The largest absolute Gasteiger partial charge is 0.497 e. The van der Waals surface area contributed by atoms with Gasteiger partial charge in [0.1, 0.15) is 26.3 Å². The van der Waals surface area contributed by atoms with E-state index in [1.54, 1.807) is 60.7 Å². The van der Waals surface area contributed by atoms with Crippen molar-refractivity contribution >= 4 is 54.9 Å². The number of hydrogen-bond donors (Lipinski definition) is 2. The van der Waals surface area contributed by atoms with Crippen LogP contribution in [0.25, 0.3) is 0 Å². The van der Waals surface area contributed by atoms with E-state index in [1.807, 2.05) is 0 Å². The molecule has 0 amide bonds. The summed E-state index contributed by atoms with van der Waals surface area (Å²) in [4.78, 5) is 13.3. The standard InChI is InChI=1S/C25H21ClN2O5S2/c1-32-18-9-3-15(4-10-18)22(29)23-21(27)24(25(34-23)28-17-7-5-16(26)6-8-17)35(30,31)20-13-11-19(33-2)12-14-20/h3-14,28H,27H2,1-2H3. The van der Waals surface area contributed by atoms with Gasteiger partial charge in [-0.15, -0.1) is 11.3 Å². The number of rotatable bonds is 8. The summed E-state index contributed by atoms with van der Waals surface area (Å²) < 4.78 is 37.6. The Balaban J connectivity index is 1.84. The summed E-state index contributed by atoms with van der Waals surface area (Å²) in [5, 5.41) is 3.84. The number of carbonyl (C=O) groups is 1. The van der Waals surface area contributed by atoms with Gasteiger partial charge in [-0.25, -0.2) is 8.42 Å². The van der Waals surface area contributed by atoms with Crippen molar-refractivity contribution < 1.29 is 22.7 Å². The molecule has 7 nitrogen and oxygen atoms in total. The van der Waals surface area contributed by atoms with Crippen LogP contribution < -0.4 is 20.5 Å². The fraction of sp³-hybridized carbons (Fsp3) is 0.0800. The van der Waals surface area contributed by atoms with Crippen LogP contribution in [0.2, 0.25) is 5.02 Å². The Morgan fingerprint density at radius 1 is 0.886 bits per heavy atom. The minimum Gasteiger partial charge on any atom is -0.497 e. The first-order chi connectivity index (χ1) is 16.7. The second kappa shape index (κ2) is 9.99. The monoisotopic (exact) mass is 528 g/mol. The molecule has 0 aliphatic rings. The Kier molecular flexibility index (Phi) is 7.02. The number of hydrogen-bond acceptors (Lipinski definition) is 8. The van der Waals surface area contributed by atoms with Crippen LogP contribution in [0.4, 0.5) is 16.4 Å². The highest BCUT2D eigenvalue weighted by Crippen LogP contribution is 2.44. The molecule has 0 bridgehead atoms. The number of halogens is 1. The Hall–Kier alpha value is -3.53. The third kappa shape index (κ3) is 4.97. The molecule has 0 unspecified atom stereocenters. The Morgan fingerprint density at radius 3 is 1.97 bits per heavy atom. The molecule has 1 aromatic heterocycles. The van der Waals surface area contributed by atoms with Crippen molar-refractivity contribution in [2.75, 3.05) is 25.3 Å². The summed E-state index contributed by atoms with van der Waals surface area (Å²) in [6.45, 7) is 0. The van der Waals surface area contributed by atoms with E-state index >= 15 is 0 Å². The number of nitrogens with two attached hydrogens (primary N) is 1. The number of nitrogens with one attached hydrogen (secondary N) is 1. The number of carbonyl (C=O) groups excluding carboxylic acids is 1. The van der Waals surface area contributed by atoms with Gasteiger partial charge in [0.15, 0.2) is 0 Å². The maximum absolute atomic E-state index is 13.7. The molecule has 0 saturated carbocycles. The van der Waals surface area contributed by atoms with Crippen molar-refractivity contribution in [1.82, 2.24) is 0 Å². The lowest BCUT2D eigenvalue weighted by Crippen LogP contribution is -2.08. The zero-order chi connectivity index (χ0) is 25.2. The lowest BCUT2D eigenvalue weighted by atomic mass is 10.1. The van der Waals surface area contributed by atoms with Gasteiger partial charge < -0.3 is 20.5 Å². The highest BCUT2D eigenvalue weighted by Gasteiger charge is 2.31. The summed E-state index contributed by atoms with van der Waals surface area (Å²) in [7, 11) is -1.07. The molecule has 0 atom stereocenters. The van der Waals surface area contributed by atoms with Gasteiger partial charge in [0.2, 0.25) is 15.6 Å². The van der Waals surface area contributed by atoms with Crippen LogP contribution in [0.5, 0.6) is 11.5 Å². The number of ketones is 1. The van der Waals surface area contributed by atoms with Crippen LogP contribution in [0.1, 0.15) is 15.2 Å². The first-order valence-electron chi connectivity index (χ1n) is 10.3. The van der Waals surface area contributed by atoms with E-state index in [9.17, 15) is 13.2 Å². The van der Waals surface area contributed by atoms with Crippen molar-refractivity contribution in [3.63, 3.8) is 0 Å². The molecule has 0 fully saturated rings. The summed E-state index contributed by atoms with van der Waals surface area (Å²) in [5.74, 6) is 0.705. The lowest BCUT2D eigenvalue weighted by Gasteiger charge is -2.10. The molecule has 1 heterocycles. The molecule has 4 rings (SSSR count). The SMILES string of the molecule is COc1ccc(C(=O)c2sc(Nc3ccc(Cl)cc3)c(S(=O)(=O)c3ccc(OC)cc3)c2N)cc1. The minimum atomic E-state index is -4.09. The van der Waals surface area contributed by atoms with Crippen LogP contribution in [0.3, 0.4) is 0 Å². The normalized spacial score (nSPS) is 11.2. The molecular formula is C25H21ClN2O5S2. The lowest BCUT2D eigenvalue weighted by molar-refractivity contribution is 0.104. The highest BCUT2D eigenvalue weighted by molar-refractivity contribution is 7.92. The summed E-state index contributed by atoms with van der Waals surface area (Å²) >= 11 is 6.95. The van der Waals surface area contributed by atoms with E-state index in [4.69, 9.17) is 26.8 Å². The van der Waals surface area contributed by atoms with E-state index in [1.165, 1.54) is 26.4 Å². The zero-order valence-electron chi connectivity index (χ0n) is 18.7. The smallest absolute Gasteiger partial charge is 0.211 e. The fourth-order valence-corrected chi connectivity index (χ4v) is 6.42. The molecule has 0 saturated heterocycles. The maximum atomic E-state index is 13.7. The average Bonchev–Trinajstić information content (AvgIpc) is 3.21. The summed E-state index contributed by atoms with van der Waals surface area (Å²) in [5.41, 5.74) is 7.17. The van der Waals surface area contributed by atoms with Gasteiger partial charge in [0.05, 0.1) is 24.8 Å². The highest BCUT2D eigenvalue weighted by atomic mass is 35.5. The minimum absolute atomic E-state index is 0.0189. The van der Waals surface area contributed by atoms with Gasteiger partial charge in [-0.3, -0.25) is 4.79 Å². The second-order valence-electron chi connectivity index (χ2n) is 7.37. The number of sulfone groups is 1. The summed E-state index contributed by atoms with van der Waals surface area (Å²) in [6, 6.07) is 19.2. The van der Waals surface area contributed by atoms with Crippen molar-refractivity contribution in [2.24, 2.45) is 0 Å². The quantitative estimate of drug-likeness (QED) is 0.278. The van der Waals surface area contributed by atoms with Crippen molar-refractivity contribution in [1.29, 1.82) is 0 Å². The number of anilines is 3. The first-order valence-corrected chi connectivity index (χ1v) is 12.9. The van der Waals surface area contributed by atoms with Crippen LogP contribution >= 0.6 is 22.9 Å². The molecule has 0 aliphatic carbocycles. The number of nitrogen functional groups attached to an aromatic ring is 1. The van der Waals surface area contributed by atoms with E-state index in [-0.39, 0.29) is 25.4 Å². The van der Waals surface area contributed by atoms with Crippen molar-refractivity contribution in [3.05, 3.63) is 88.3 Å². The van der Waals surface area contributed by atoms with Gasteiger partial charge in [0.25, 0.3) is 0 Å². The Morgan fingerprint density at radius 2 is 1.43 bits per heavy atom. The van der Waals surface area contributed by atoms with Gasteiger partial charge in [-0.1, -0.05) is 11.6 Å². The van der Waals surface area contributed by atoms with E-state index < -0.39 is 15.6 Å². The number of thiophene rings is 1. The van der Waals surface area contributed by atoms with E-state index in [2.05, 4.69) is 5.32 Å². The fourth-order valence-electron chi connectivity index (χ4n) is 3.36. The molecule has 4 aromatic rings. The van der Waals surface area contributed by atoms with Gasteiger partial charge in [-0.2, -0.15) is 0 Å². The second-order valence-corrected chi connectivity index (χ2v) is 10.7. The van der Waals surface area contributed by atoms with Gasteiger partial charge in [0, 0.05) is 16.3 Å². The molecule has 0 spiro atoms. The molecule has 35 heavy (non-hydrogen) atoms. The predicted molar refractivity (Wildman–Crippen MR) is 138 cm³/mol. The number of methoxy groups -OCH3 is 2. The van der Waals surface area contributed by atoms with Crippen LogP contribution in [-0.4, -0.2) is 28.4 Å². The van der Waals surface area contributed by atoms with Crippen LogP contribution in [-0.2, 0) is 9.84 Å². The molecule has 0 radical (unpaired) electrons. The third-order valence-corrected chi connectivity index (χ3v) is 8.55.